The van der Waals surface area contributed by atoms with Gasteiger partial charge < -0.3 is 0 Å². The molecule has 14 heavy (non-hydrogen) atoms. The highest BCUT2D eigenvalue weighted by Gasteiger charge is 2.49. The third-order valence-corrected chi connectivity index (χ3v) is 5.00. The van der Waals surface area contributed by atoms with E-state index in [1.54, 1.807) is 0 Å². The van der Waals surface area contributed by atoms with Crippen LogP contribution in [0.5, 0.6) is 0 Å². The maximum Gasteiger partial charge on any atom is -0.0203 e. The van der Waals surface area contributed by atoms with Crippen LogP contribution in [0.1, 0.15) is 68.7 Å². The summed E-state index contributed by atoms with van der Waals surface area (Å²) in [4.78, 5) is 0. The van der Waals surface area contributed by atoms with Crippen molar-refractivity contribution in [3.05, 3.63) is 0 Å². The fraction of sp³-hybridized carbons (Fsp3) is 1.00. The normalized spacial score (nSPS) is 18.4. The Hall–Kier alpha value is 0. The highest BCUT2D eigenvalue weighted by Crippen LogP contribution is 2.57. The zero-order chi connectivity index (χ0) is 11.8. The van der Waals surface area contributed by atoms with Gasteiger partial charge in [-0.15, -0.1) is 0 Å². The molecule has 0 fully saturated rings. The lowest BCUT2D eigenvalue weighted by atomic mass is 9.49. The van der Waals surface area contributed by atoms with Crippen LogP contribution in [-0.2, 0) is 0 Å². The molecule has 1 unspecified atom stereocenters. The first-order valence-electron chi connectivity index (χ1n) is 6.00. The van der Waals surface area contributed by atoms with Gasteiger partial charge in [-0.3, -0.25) is 0 Å². The van der Waals surface area contributed by atoms with E-state index in [9.17, 15) is 0 Å². The predicted octanol–water partition coefficient (Wildman–Crippen LogP) is 5.13. The summed E-state index contributed by atoms with van der Waals surface area (Å²) in [6.45, 7) is 21.5. The molecule has 0 saturated heterocycles. The SMILES string of the molecule is CCC(C)(C)C(C)(C(C)C)C(C)(C)C. The molecule has 0 amide bonds. The van der Waals surface area contributed by atoms with Crippen LogP contribution < -0.4 is 0 Å². The molecule has 0 radical (unpaired) electrons. The van der Waals surface area contributed by atoms with Crippen LogP contribution in [-0.4, -0.2) is 0 Å². The van der Waals surface area contributed by atoms with E-state index in [1.807, 2.05) is 0 Å². The Bertz CT molecular complexity index is 181. The zero-order valence-corrected chi connectivity index (χ0v) is 11.8. The molecule has 0 heteroatoms. The third kappa shape index (κ3) is 1.99. The summed E-state index contributed by atoms with van der Waals surface area (Å²) in [7, 11) is 0. The smallest absolute Gasteiger partial charge is 0.0203 e. The van der Waals surface area contributed by atoms with E-state index in [-0.39, 0.29) is 0 Å². The van der Waals surface area contributed by atoms with Crippen molar-refractivity contribution < 1.29 is 0 Å². The molecule has 0 aliphatic rings. The molecule has 0 aromatic heterocycles. The van der Waals surface area contributed by atoms with Gasteiger partial charge in [-0.2, -0.15) is 0 Å². The first kappa shape index (κ1) is 14.0. The van der Waals surface area contributed by atoms with Gasteiger partial charge in [0.05, 0.1) is 0 Å². The minimum Gasteiger partial charge on any atom is -0.0649 e. The maximum atomic E-state index is 2.46. The van der Waals surface area contributed by atoms with E-state index in [1.165, 1.54) is 6.42 Å². The Morgan fingerprint density at radius 3 is 1.29 bits per heavy atom. The van der Waals surface area contributed by atoms with Crippen LogP contribution in [0.2, 0.25) is 0 Å². The standard InChI is InChI=1S/C14H30/c1-10-13(7,8)14(9,11(2)3)12(4,5)6/h11H,10H2,1-9H3. The van der Waals surface area contributed by atoms with Gasteiger partial charge in [0.1, 0.15) is 0 Å². The molecule has 0 bridgehead atoms. The summed E-state index contributed by atoms with van der Waals surface area (Å²) in [5.41, 5.74) is 1.15. The van der Waals surface area contributed by atoms with Crippen molar-refractivity contribution in [3.8, 4) is 0 Å². The second-order valence-corrected chi connectivity index (χ2v) is 6.84. The highest BCUT2D eigenvalue weighted by atomic mass is 14.5. The van der Waals surface area contributed by atoms with E-state index in [0.29, 0.717) is 16.2 Å². The van der Waals surface area contributed by atoms with Crippen LogP contribution >= 0.6 is 0 Å². The number of rotatable bonds is 3. The van der Waals surface area contributed by atoms with Gasteiger partial charge in [0.2, 0.25) is 0 Å². The van der Waals surface area contributed by atoms with Crippen LogP contribution in [0.15, 0.2) is 0 Å². The molecule has 0 heterocycles. The molecule has 0 rings (SSSR count). The Balaban J connectivity index is 5.33. The fourth-order valence-corrected chi connectivity index (χ4v) is 3.03. The summed E-state index contributed by atoms with van der Waals surface area (Å²) in [5.74, 6) is 0.720. The minimum atomic E-state index is 0.362. The summed E-state index contributed by atoms with van der Waals surface area (Å²) < 4.78 is 0. The summed E-state index contributed by atoms with van der Waals surface area (Å²) in [6.07, 6.45) is 1.25. The van der Waals surface area contributed by atoms with Crippen molar-refractivity contribution in [2.75, 3.05) is 0 Å². The van der Waals surface area contributed by atoms with E-state index in [0.717, 1.165) is 5.92 Å². The predicted molar refractivity (Wildman–Crippen MR) is 66.5 cm³/mol. The van der Waals surface area contributed by atoms with E-state index in [2.05, 4.69) is 62.3 Å². The van der Waals surface area contributed by atoms with Gasteiger partial charge in [-0.1, -0.05) is 68.7 Å². The molecule has 0 aliphatic carbocycles. The topological polar surface area (TPSA) is 0 Å². The maximum absolute atomic E-state index is 2.46. The second kappa shape index (κ2) is 3.87. The van der Waals surface area contributed by atoms with Crippen molar-refractivity contribution in [1.82, 2.24) is 0 Å². The Kier molecular flexibility index (Phi) is 3.87. The van der Waals surface area contributed by atoms with E-state index >= 15 is 0 Å². The van der Waals surface area contributed by atoms with Crippen molar-refractivity contribution in [1.29, 1.82) is 0 Å². The lowest BCUT2D eigenvalue weighted by molar-refractivity contribution is -0.0689. The van der Waals surface area contributed by atoms with Gasteiger partial charge >= 0.3 is 0 Å². The summed E-state index contributed by atoms with van der Waals surface area (Å²) in [5, 5.41) is 0. The van der Waals surface area contributed by atoms with Crippen molar-refractivity contribution in [3.63, 3.8) is 0 Å². The lowest BCUT2D eigenvalue weighted by Crippen LogP contribution is -2.48. The molecule has 1 atom stereocenters. The average Bonchev–Trinajstić information content (AvgIpc) is 2.00. The minimum absolute atomic E-state index is 0.362. The quantitative estimate of drug-likeness (QED) is 0.589. The molecular formula is C14H30. The van der Waals surface area contributed by atoms with Gasteiger partial charge in [-0.25, -0.2) is 0 Å². The largest absolute Gasteiger partial charge is 0.0649 e. The number of hydrogen-bond acceptors (Lipinski definition) is 0. The summed E-state index contributed by atoms with van der Waals surface area (Å²) >= 11 is 0. The van der Waals surface area contributed by atoms with Gasteiger partial charge in [-0.05, 0) is 22.2 Å². The summed E-state index contributed by atoms with van der Waals surface area (Å²) in [6, 6.07) is 0. The highest BCUT2D eigenvalue weighted by molar-refractivity contribution is 4.98. The Morgan fingerprint density at radius 2 is 1.21 bits per heavy atom. The first-order chi connectivity index (χ1) is 6.00. The van der Waals surface area contributed by atoms with Crippen LogP contribution in [0.3, 0.4) is 0 Å². The first-order valence-corrected chi connectivity index (χ1v) is 6.00. The van der Waals surface area contributed by atoms with Crippen LogP contribution in [0, 0.1) is 22.2 Å². The molecule has 0 aliphatic heterocycles. The van der Waals surface area contributed by atoms with Crippen molar-refractivity contribution in [2.45, 2.75) is 68.7 Å². The zero-order valence-electron chi connectivity index (χ0n) is 11.8. The molecule has 0 nitrogen and oxygen atoms in total. The van der Waals surface area contributed by atoms with Gasteiger partial charge in [0, 0.05) is 0 Å². The molecule has 0 saturated carbocycles. The van der Waals surface area contributed by atoms with Crippen LogP contribution in [0.4, 0.5) is 0 Å². The number of hydrogen-bond donors (Lipinski definition) is 0. The molecular weight excluding hydrogens is 168 g/mol. The lowest BCUT2D eigenvalue weighted by Gasteiger charge is -2.56. The van der Waals surface area contributed by atoms with Crippen molar-refractivity contribution >= 4 is 0 Å². The van der Waals surface area contributed by atoms with Crippen molar-refractivity contribution in [2.24, 2.45) is 22.2 Å². The Morgan fingerprint density at radius 1 is 0.857 bits per heavy atom. The fourth-order valence-electron chi connectivity index (χ4n) is 3.03. The second-order valence-electron chi connectivity index (χ2n) is 6.84. The van der Waals surface area contributed by atoms with Crippen LogP contribution in [0.25, 0.3) is 0 Å². The molecule has 0 aromatic rings. The average molecular weight is 198 g/mol. The van der Waals surface area contributed by atoms with E-state index < -0.39 is 0 Å². The monoisotopic (exact) mass is 198 g/mol. The van der Waals surface area contributed by atoms with E-state index in [4.69, 9.17) is 0 Å². The molecule has 0 N–H and O–H groups in total. The van der Waals surface area contributed by atoms with Gasteiger partial charge in [0.15, 0.2) is 0 Å². The molecule has 0 spiro atoms. The molecule has 86 valence electrons. The Labute approximate surface area is 91.5 Å². The molecule has 0 aromatic carbocycles. The third-order valence-electron chi connectivity index (χ3n) is 5.00. The van der Waals surface area contributed by atoms with Gasteiger partial charge in [0.25, 0.3) is 0 Å².